The lowest BCUT2D eigenvalue weighted by molar-refractivity contribution is -0.153. The molecule has 2 aliphatic carbocycles. The zero-order chi connectivity index (χ0) is 13.9. The van der Waals surface area contributed by atoms with Crippen molar-refractivity contribution in [2.45, 2.75) is 52.4 Å². The van der Waals surface area contributed by atoms with E-state index in [0.29, 0.717) is 13.0 Å². The lowest BCUT2D eigenvalue weighted by Crippen LogP contribution is -2.28. The summed E-state index contributed by atoms with van der Waals surface area (Å²) in [4.78, 5) is 24.2. The predicted molar refractivity (Wildman–Crippen MR) is 73.6 cm³/mol. The van der Waals surface area contributed by atoms with Crippen LogP contribution in [0.5, 0.6) is 0 Å². The molecule has 0 N–H and O–H groups in total. The topological polar surface area (TPSA) is 43.4 Å². The van der Waals surface area contributed by atoms with Crippen molar-refractivity contribution in [3.8, 4) is 0 Å². The van der Waals surface area contributed by atoms with Crippen LogP contribution < -0.4 is 0 Å². The van der Waals surface area contributed by atoms with Crippen molar-refractivity contribution in [3.05, 3.63) is 12.2 Å². The van der Waals surface area contributed by atoms with E-state index in [4.69, 9.17) is 4.74 Å². The Morgan fingerprint density at radius 2 is 2.21 bits per heavy atom. The monoisotopic (exact) mass is 264 g/mol. The first-order chi connectivity index (χ1) is 9.19. The number of unbranched alkanes of at least 4 members (excludes halogenated alkanes) is 3. The summed E-state index contributed by atoms with van der Waals surface area (Å²) in [6, 6.07) is 0. The molecular formula is C16H24O3. The molecule has 0 aromatic carbocycles. The van der Waals surface area contributed by atoms with Crippen LogP contribution in [0.2, 0.25) is 0 Å². The number of fused-ring (bicyclic) bond motifs is 1. The number of Topliss-reactive ketones (excluding diaryl/α,β-unsaturated/α-hetero) is 1. The molecule has 3 nitrogen and oxygen atoms in total. The number of ether oxygens (including phenoxy) is 1. The third-order valence-corrected chi connectivity index (χ3v) is 4.51. The van der Waals surface area contributed by atoms with Gasteiger partial charge in [0, 0.05) is 12.3 Å². The van der Waals surface area contributed by atoms with Crippen LogP contribution in [0.3, 0.4) is 0 Å². The molecule has 0 aliphatic heterocycles. The number of esters is 1. The summed E-state index contributed by atoms with van der Waals surface area (Å²) in [5, 5.41) is 0. The predicted octanol–water partition coefficient (Wildman–Crippen LogP) is 3.28. The average Bonchev–Trinajstić information content (AvgIpc) is 2.91. The normalized spacial score (nSPS) is 32.6. The maximum absolute atomic E-state index is 12.1. The quantitative estimate of drug-likeness (QED) is 0.307. The first kappa shape index (κ1) is 14.3. The second kappa shape index (κ2) is 5.89. The Balaban J connectivity index is 1.96. The van der Waals surface area contributed by atoms with Crippen molar-refractivity contribution in [2.75, 3.05) is 6.61 Å². The smallest absolute Gasteiger partial charge is 0.320 e. The molecule has 2 saturated carbocycles. The summed E-state index contributed by atoms with van der Waals surface area (Å²) in [6.07, 6.45) is 10.3. The molecule has 0 amide bonds. The van der Waals surface area contributed by atoms with E-state index in [1.54, 1.807) is 6.92 Å². The third-order valence-electron chi connectivity index (χ3n) is 4.51. The zero-order valence-electron chi connectivity index (χ0n) is 12.0. The van der Waals surface area contributed by atoms with E-state index in [0.717, 1.165) is 12.8 Å². The molecule has 0 spiro atoms. The van der Waals surface area contributed by atoms with Gasteiger partial charge in [-0.05, 0) is 32.1 Å². The van der Waals surface area contributed by atoms with Crippen molar-refractivity contribution in [2.24, 2.45) is 17.3 Å². The Bertz CT molecular complexity index is 385. The van der Waals surface area contributed by atoms with Crippen LogP contribution in [-0.4, -0.2) is 18.4 Å². The summed E-state index contributed by atoms with van der Waals surface area (Å²) in [6.45, 7) is 4.33. The second-order valence-electron chi connectivity index (χ2n) is 5.61. The molecule has 0 bridgehead atoms. The molecule has 0 aromatic heterocycles. The number of carbonyl (C=O) groups is 2. The molecule has 106 valence electrons. The minimum atomic E-state index is -0.794. The van der Waals surface area contributed by atoms with E-state index < -0.39 is 5.41 Å². The van der Waals surface area contributed by atoms with Crippen LogP contribution in [0.4, 0.5) is 0 Å². The number of hydrogen-bond donors (Lipinski definition) is 0. The molecule has 2 aliphatic rings. The Hall–Kier alpha value is -1.12. The van der Waals surface area contributed by atoms with Gasteiger partial charge in [-0.3, -0.25) is 9.59 Å². The van der Waals surface area contributed by atoms with Crippen molar-refractivity contribution in [3.63, 3.8) is 0 Å². The van der Waals surface area contributed by atoms with Crippen LogP contribution in [0.15, 0.2) is 12.2 Å². The fraction of sp³-hybridized carbons (Fsp3) is 0.750. The maximum Gasteiger partial charge on any atom is 0.320 e. The highest BCUT2D eigenvalue weighted by atomic mass is 16.5. The Labute approximate surface area is 115 Å². The van der Waals surface area contributed by atoms with Gasteiger partial charge >= 0.3 is 5.97 Å². The number of ketones is 1. The fourth-order valence-corrected chi connectivity index (χ4v) is 3.48. The largest absolute Gasteiger partial charge is 0.465 e. The highest BCUT2D eigenvalue weighted by Gasteiger charge is 2.76. The summed E-state index contributed by atoms with van der Waals surface area (Å²) in [5.41, 5.74) is -0.794. The van der Waals surface area contributed by atoms with Crippen LogP contribution in [0, 0.1) is 17.3 Å². The Morgan fingerprint density at radius 1 is 1.42 bits per heavy atom. The molecule has 2 fully saturated rings. The van der Waals surface area contributed by atoms with Gasteiger partial charge < -0.3 is 4.74 Å². The first-order valence-corrected chi connectivity index (χ1v) is 7.56. The highest BCUT2D eigenvalue weighted by Crippen LogP contribution is 2.67. The van der Waals surface area contributed by atoms with Gasteiger partial charge in [0.25, 0.3) is 0 Å². The van der Waals surface area contributed by atoms with E-state index in [2.05, 4.69) is 19.1 Å². The number of hydrogen-bond acceptors (Lipinski definition) is 3. The van der Waals surface area contributed by atoms with Crippen LogP contribution in [0.25, 0.3) is 0 Å². The summed E-state index contributed by atoms with van der Waals surface area (Å²) in [5.74, 6) is 0.126. The second-order valence-corrected chi connectivity index (χ2v) is 5.61. The Kier molecular flexibility index (Phi) is 4.43. The van der Waals surface area contributed by atoms with E-state index in [1.165, 1.54) is 19.3 Å². The van der Waals surface area contributed by atoms with Crippen LogP contribution in [0.1, 0.15) is 52.4 Å². The van der Waals surface area contributed by atoms with Gasteiger partial charge in [0.15, 0.2) is 5.78 Å². The highest BCUT2D eigenvalue weighted by molar-refractivity contribution is 6.10. The van der Waals surface area contributed by atoms with Crippen molar-refractivity contribution in [1.29, 1.82) is 0 Å². The maximum atomic E-state index is 12.1. The van der Waals surface area contributed by atoms with Crippen molar-refractivity contribution < 1.29 is 14.3 Å². The molecular weight excluding hydrogens is 240 g/mol. The van der Waals surface area contributed by atoms with Crippen molar-refractivity contribution in [1.82, 2.24) is 0 Å². The van der Waals surface area contributed by atoms with Gasteiger partial charge in [0.1, 0.15) is 5.41 Å². The van der Waals surface area contributed by atoms with E-state index in [9.17, 15) is 9.59 Å². The van der Waals surface area contributed by atoms with E-state index >= 15 is 0 Å². The summed E-state index contributed by atoms with van der Waals surface area (Å²) in [7, 11) is 0. The molecule has 3 atom stereocenters. The fourth-order valence-electron chi connectivity index (χ4n) is 3.48. The molecule has 2 rings (SSSR count). The summed E-state index contributed by atoms with van der Waals surface area (Å²) >= 11 is 0. The molecule has 0 saturated heterocycles. The number of rotatable bonds is 7. The standard InChI is InChI=1S/C16H24O3/c1-3-5-6-7-8-9-12-13-10-11-14(17)16(12,13)15(18)19-4-2/h8-9,12-13H,3-7,10-11H2,1-2H3/b9-8+. The zero-order valence-corrected chi connectivity index (χ0v) is 12.0. The number of allylic oxidation sites excluding steroid dienone is 2. The lowest BCUT2D eigenvalue weighted by Gasteiger charge is -2.11. The molecule has 0 aromatic rings. The molecule has 0 heterocycles. The van der Waals surface area contributed by atoms with Gasteiger partial charge in [-0.2, -0.15) is 0 Å². The summed E-state index contributed by atoms with van der Waals surface area (Å²) < 4.78 is 5.12. The van der Waals surface area contributed by atoms with Crippen LogP contribution in [-0.2, 0) is 14.3 Å². The van der Waals surface area contributed by atoms with Crippen molar-refractivity contribution >= 4 is 11.8 Å². The van der Waals surface area contributed by atoms with Gasteiger partial charge in [-0.15, -0.1) is 0 Å². The number of carbonyl (C=O) groups excluding carboxylic acids is 2. The van der Waals surface area contributed by atoms with E-state index in [1.807, 2.05) is 0 Å². The molecule has 0 radical (unpaired) electrons. The van der Waals surface area contributed by atoms with Gasteiger partial charge in [-0.25, -0.2) is 0 Å². The minimum Gasteiger partial charge on any atom is -0.465 e. The minimum absolute atomic E-state index is 0.0964. The van der Waals surface area contributed by atoms with Gasteiger partial charge in [0.2, 0.25) is 0 Å². The lowest BCUT2D eigenvalue weighted by atomic mass is 9.98. The van der Waals surface area contributed by atoms with Gasteiger partial charge in [-0.1, -0.05) is 31.9 Å². The average molecular weight is 264 g/mol. The third kappa shape index (κ3) is 2.35. The molecule has 19 heavy (non-hydrogen) atoms. The molecule has 3 unspecified atom stereocenters. The molecule has 3 heteroatoms. The SMILES string of the molecule is CCCCC/C=C/C1C2CCC(=O)C12C(=O)OCC. The Morgan fingerprint density at radius 3 is 2.89 bits per heavy atom. The van der Waals surface area contributed by atoms with E-state index in [-0.39, 0.29) is 23.6 Å². The van der Waals surface area contributed by atoms with Gasteiger partial charge in [0.05, 0.1) is 6.61 Å². The first-order valence-electron chi connectivity index (χ1n) is 7.56. The van der Waals surface area contributed by atoms with Crippen LogP contribution >= 0.6 is 0 Å².